The van der Waals surface area contributed by atoms with Crippen molar-refractivity contribution in [2.75, 3.05) is 0 Å². The summed E-state index contributed by atoms with van der Waals surface area (Å²) in [4.78, 5) is 17.9. The minimum absolute atomic E-state index is 0.0118. The highest BCUT2D eigenvalue weighted by atomic mass is 16.1. The number of rotatable bonds is 1. The van der Waals surface area contributed by atoms with Gasteiger partial charge in [-0.25, -0.2) is 4.98 Å². The number of benzene rings is 3. The zero-order valence-electron chi connectivity index (χ0n) is 13.6. The van der Waals surface area contributed by atoms with Gasteiger partial charge in [-0.15, -0.1) is 0 Å². The van der Waals surface area contributed by atoms with Crippen LogP contribution in [0.15, 0.2) is 59.4 Å². The number of aromatic nitrogens is 2. The zero-order valence-corrected chi connectivity index (χ0v) is 13.6. The SMILES string of the molecule is CC(C)c1ccc2c(=O)n3c4ccccc4nc3c3cccc1c23. The summed E-state index contributed by atoms with van der Waals surface area (Å²) >= 11 is 0. The molecule has 0 amide bonds. The molecule has 0 saturated heterocycles. The van der Waals surface area contributed by atoms with E-state index in [9.17, 15) is 4.79 Å². The van der Waals surface area contributed by atoms with E-state index in [4.69, 9.17) is 4.98 Å². The van der Waals surface area contributed by atoms with E-state index in [1.165, 1.54) is 5.56 Å². The van der Waals surface area contributed by atoms with Crippen LogP contribution in [0.5, 0.6) is 0 Å². The number of hydrogen-bond acceptors (Lipinski definition) is 2. The third-order valence-electron chi connectivity index (χ3n) is 4.93. The standard InChI is InChI=1S/C21H16N2O/c1-12(2)13-10-11-16-19-14(13)6-5-7-15(19)20-22-17-8-3-4-9-18(17)23(20)21(16)24/h3-12H,1-2H3. The third-order valence-corrected chi connectivity index (χ3v) is 4.93. The lowest BCUT2D eigenvalue weighted by molar-refractivity contribution is 0.877. The largest absolute Gasteiger partial charge is 0.268 e. The fourth-order valence-corrected chi connectivity index (χ4v) is 3.83. The van der Waals surface area contributed by atoms with E-state index in [0.29, 0.717) is 5.92 Å². The van der Waals surface area contributed by atoms with E-state index in [-0.39, 0.29) is 5.56 Å². The first-order valence-corrected chi connectivity index (χ1v) is 8.25. The summed E-state index contributed by atoms with van der Waals surface area (Å²) in [5, 5.41) is 4.00. The average molecular weight is 312 g/mol. The Morgan fingerprint density at radius 3 is 2.50 bits per heavy atom. The second-order valence-corrected chi connectivity index (χ2v) is 6.65. The minimum Gasteiger partial charge on any atom is -0.268 e. The van der Waals surface area contributed by atoms with E-state index in [1.807, 2.05) is 30.3 Å². The average Bonchev–Trinajstić information content (AvgIpc) is 2.98. The molecule has 0 bridgehead atoms. The van der Waals surface area contributed by atoms with Gasteiger partial charge in [0.05, 0.1) is 11.0 Å². The Bertz CT molecular complexity index is 1300. The molecule has 0 aliphatic carbocycles. The summed E-state index contributed by atoms with van der Waals surface area (Å²) in [6, 6.07) is 18.1. The Labute approximate surface area is 138 Å². The quantitative estimate of drug-likeness (QED) is 0.449. The fourth-order valence-electron chi connectivity index (χ4n) is 3.83. The lowest BCUT2D eigenvalue weighted by atomic mass is 9.92. The van der Waals surface area contributed by atoms with Crippen LogP contribution in [-0.4, -0.2) is 9.38 Å². The molecule has 3 heteroatoms. The first-order valence-electron chi connectivity index (χ1n) is 8.25. The Balaban J connectivity index is 2.15. The van der Waals surface area contributed by atoms with Gasteiger partial charge in [0.25, 0.3) is 5.56 Å². The van der Waals surface area contributed by atoms with Gasteiger partial charge >= 0.3 is 0 Å². The molecule has 0 radical (unpaired) electrons. The molecule has 116 valence electrons. The van der Waals surface area contributed by atoms with Crippen molar-refractivity contribution in [2.24, 2.45) is 0 Å². The molecule has 0 aliphatic rings. The van der Waals surface area contributed by atoms with Crippen molar-refractivity contribution >= 4 is 38.2 Å². The van der Waals surface area contributed by atoms with Gasteiger partial charge in [-0.1, -0.05) is 50.2 Å². The molecule has 0 aliphatic heterocycles. The molecule has 5 rings (SSSR count). The van der Waals surface area contributed by atoms with Crippen molar-refractivity contribution < 1.29 is 0 Å². The van der Waals surface area contributed by atoms with Gasteiger partial charge in [0.2, 0.25) is 0 Å². The third kappa shape index (κ3) is 1.56. The Hall–Kier alpha value is -2.94. The Morgan fingerprint density at radius 2 is 1.67 bits per heavy atom. The van der Waals surface area contributed by atoms with E-state index in [0.717, 1.165) is 38.2 Å². The highest BCUT2D eigenvalue weighted by molar-refractivity contribution is 6.16. The van der Waals surface area contributed by atoms with Crippen molar-refractivity contribution in [3.63, 3.8) is 0 Å². The van der Waals surface area contributed by atoms with Crippen molar-refractivity contribution in [1.29, 1.82) is 0 Å². The van der Waals surface area contributed by atoms with Gasteiger partial charge in [0.1, 0.15) is 5.65 Å². The summed E-state index contributed by atoms with van der Waals surface area (Å²) in [5.41, 5.74) is 3.76. The summed E-state index contributed by atoms with van der Waals surface area (Å²) in [7, 11) is 0. The van der Waals surface area contributed by atoms with Gasteiger partial charge in [-0.3, -0.25) is 9.20 Å². The summed E-state index contributed by atoms with van der Waals surface area (Å²) in [5.74, 6) is 0.408. The predicted molar refractivity (Wildman–Crippen MR) is 99.3 cm³/mol. The van der Waals surface area contributed by atoms with Crippen molar-refractivity contribution in [2.45, 2.75) is 19.8 Å². The van der Waals surface area contributed by atoms with Crippen LogP contribution in [0.4, 0.5) is 0 Å². The van der Waals surface area contributed by atoms with E-state index >= 15 is 0 Å². The van der Waals surface area contributed by atoms with E-state index in [1.54, 1.807) is 4.40 Å². The molecule has 2 aromatic heterocycles. The minimum atomic E-state index is 0.0118. The lowest BCUT2D eigenvalue weighted by Gasteiger charge is -2.13. The fraction of sp³-hybridized carbons (Fsp3) is 0.143. The highest BCUT2D eigenvalue weighted by Crippen LogP contribution is 2.33. The van der Waals surface area contributed by atoms with Crippen molar-refractivity contribution in [3.8, 4) is 0 Å². The molecule has 0 atom stereocenters. The second kappa shape index (κ2) is 4.54. The van der Waals surface area contributed by atoms with Crippen molar-refractivity contribution in [3.05, 3.63) is 70.5 Å². The van der Waals surface area contributed by atoms with Crippen LogP contribution in [0.25, 0.3) is 38.2 Å². The number of nitrogens with zero attached hydrogens (tertiary/aromatic N) is 2. The van der Waals surface area contributed by atoms with Gasteiger partial charge in [-0.2, -0.15) is 0 Å². The van der Waals surface area contributed by atoms with E-state index in [2.05, 4.69) is 38.1 Å². The van der Waals surface area contributed by atoms with Crippen LogP contribution in [0, 0.1) is 0 Å². The van der Waals surface area contributed by atoms with E-state index < -0.39 is 0 Å². The van der Waals surface area contributed by atoms with Crippen LogP contribution in [0.1, 0.15) is 25.3 Å². The molecule has 5 aromatic rings. The van der Waals surface area contributed by atoms with Crippen molar-refractivity contribution in [1.82, 2.24) is 9.38 Å². The first kappa shape index (κ1) is 13.5. The summed E-state index contributed by atoms with van der Waals surface area (Å²) < 4.78 is 1.75. The monoisotopic (exact) mass is 312 g/mol. The van der Waals surface area contributed by atoms with Gasteiger partial charge in [0, 0.05) is 16.2 Å². The lowest BCUT2D eigenvalue weighted by Crippen LogP contribution is -2.13. The van der Waals surface area contributed by atoms with Gasteiger partial charge in [0.15, 0.2) is 0 Å². The molecular weight excluding hydrogens is 296 g/mol. The molecule has 0 N–H and O–H groups in total. The molecule has 0 saturated carbocycles. The summed E-state index contributed by atoms with van der Waals surface area (Å²) in [6.07, 6.45) is 0. The Kier molecular flexibility index (Phi) is 2.55. The van der Waals surface area contributed by atoms with Crippen LogP contribution in [-0.2, 0) is 0 Å². The maximum Gasteiger partial charge on any atom is 0.264 e. The molecule has 0 unspecified atom stereocenters. The molecule has 0 spiro atoms. The topological polar surface area (TPSA) is 34.4 Å². The molecule has 24 heavy (non-hydrogen) atoms. The molecule has 0 fully saturated rings. The number of pyridine rings is 1. The smallest absolute Gasteiger partial charge is 0.264 e. The second-order valence-electron chi connectivity index (χ2n) is 6.65. The molecule has 3 aromatic carbocycles. The van der Waals surface area contributed by atoms with Crippen LogP contribution >= 0.6 is 0 Å². The van der Waals surface area contributed by atoms with Crippen LogP contribution in [0.2, 0.25) is 0 Å². The van der Waals surface area contributed by atoms with Crippen LogP contribution in [0.3, 0.4) is 0 Å². The predicted octanol–water partition coefficient (Wildman–Crippen LogP) is 4.72. The van der Waals surface area contributed by atoms with Gasteiger partial charge < -0.3 is 0 Å². The number of para-hydroxylation sites is 2. The molecular formula is C21H16N2O. The zero-order chi connectivity index (χ0) is 16.4. The molecule has 2 heterocycles. The van der Waals surface area contributed by atoms with Crippen LogP contribution < -0.4 is 5.56 Å². The highest BCUT2D eigenvalue weighted by Gasteiger charge is 2.17. The maximum atomic E-state index is 13.2. The first-order chi connectivity index (χ1) is 11.7. The number of fused-ring (bicyclic) bond motifs is 4. The number of hydrogen-bond donors (Lipinski definition) is 0. The molecule has 3 nitrogen and oxygen atoms in total. The Morgan fingerprint density at radius 1 is 0.875 bits per heavy atom. The van der Waals surface area contributed by atoms with Gasteiger partial charge in [-0.05, 0) is 35.1 Å². The normalized spacial score (nSPS) is 12.3. The number of imidazole rings is 1. The summed E-state index contributed by atoms with van der Waals surface area (Å²) in [6.45, 7) is 4.37. The maximum absolute atomic E-state index is 13.2.